The van der Waals surface area contributed by atoms with Crippen LogP contribution in [0.2, 0.25) is 0 Å². The Bertz CT molecular complexity index is 424. The standard InChI is InChI=1S/C7H9N5O/c1-4-10-6-5(8-3-9-6)7(11-4)12-13-2/h3H,1-2H3,(H2,8,9,10,11,12). The van der Waals surface area contributed by atoms with E-state index in [4.69, 9.17) is 4.84 Å². The Morgan fingerprint density at radius 1 is 1.46 bits per heavy atom. The number of H-pyrrole nitrogens is 1. The zero-order chi connectivity index (χ0) is 9.26. The average molecular weight is 179 g/mol. The molecular weight excluding hydrogens is 170 g/mol. The molecule has 0 atom stereocenters. The van der Waals surface area contributed by atoms with Gasteiger partial charge in [-0.2, -0.15) is 0 Å². The Balaban J connectivity index is 2.63. The number of aromatic amines is 1. The number of aryl methyl sites for hydroxylation is 1. The summed E-state index contributed by atoms with van der Waals surface area (Å²) in [5.41, 5.74) is 4.03. The van der Waals surface area contributed by atoms with Gasteiger partial charge in [0.1, 0.15) is 11.3 Å². The summed E-state index contributed by atoms with van der Waals surface area (Å²) in [7, 11) is 1.53. The Morgan fingerprint density at radius 2 is 2.31 bits per heavy atom. The number of hydrogen-bond acceptors (Lipinski definition) is 5. The monoisotopic (exact) mass is 179 g/mol. The first kappa shape index (κ1) is 7.93. The van der Waals surface area contributed by atoms with Crippen LogP contribution in [-0.2, 0) is 4.84 Å². The fraction of sp³-hybridized carbons (Fsp3) is 0.286. The molecule has 0 aliphatic rings. The molecule has 2 rings (SSSR count). The summed E-state index contributed by atoms with van der Waals surface area (Å²) in [4.78, 5) is 20.0. The molecular formula is C7H9N5O. The summed E-state index contributed by atoms with van der Waals surface area (Å²) < 4.78 is 0. The zero-order valence-electron chi connectivity index (χ0n) is 7.33. The second-order valence-electron chi connectivity index (χ2n) is 2.53. The Hall–Kier alpha value is -1.69. The third kappa shape index (κ3) is 1.31. The lowest BCUT2D eigenvalue weighted by Gasteiger charge is -2.02. The first-order chi connectivity index (χ1) is 6.31. The van der Waals surface area contributed by atoms with Crippen molar-refractivity contribution in [3.63, 3.8) is 0 Å². The molecule has 0 aliphatic carbocycles. The molecule has 2 aromatic heterocycles. The lowest BCUT2D eigenvalue weighted by Crippen LogP contribution is -2.01. The number of nitrogens with one attached hydrogen (secondary N) is 2. The van der Waals surface area contributed by atoms with Gasteiger partial charge in [-0.25, -0.2) is 20.4 Å². The molecule has 0 saturated heterocycles. The van der Waals surface area contributed by atoms with Crippen LogP contribution in [0.15, 0.2) is 6.33 Å². The van der Waals surface area contributed by atoms with Crippen LogP contribution >= 0.6 is 0 Å². The van der Waals surface area contributed by atoms with E-state index in [2.05, 4.69) is 25.4 Å². The van der Waals surface area contributed by atoms with Crippen LogP contribution in [0.25, 0.3) is 11.2 Å². The van der Waals surface area contributed by atoms with E-state index in [9.17, 15) is 0 Å². The minimum absolute atomic E-state index is 0.600. The van der Waals surface area contributed by atoms with Crippen LogP contribution in [-0.4, -0.2) is 27.0 Å². The molecule has 13 heavy (non-hydrogen) atoms. The molecule has 0 bridgehead atoms. The number of rotatable bonds is 2. The van der Waals surface area contributed by atoms with Crippen molar-refractivity contribution in [2.24, 2.45) is 0 Å². The molecule has 0 unspecified atom stereocenters. The van der Waals surface area contributed by atoms with Crippen LogP contribution in [0, 0.1) is 6.92 Å². The van der Waals surface area contributed by atoms with Crippen LogP contribution in [0.3, 0.4) is 0 Å². The van der Waals surface area contributed by atoms with Crippen LogP contribution in [0.4, 0.5) is 5.82 Å². The lowest BCUT2D eigenvalue weighted by atomic mass is 10.5. The summed E-state index contributed by atoms with van der Waals surface area (Å²) >= 11 is 0. The highest BCUT2D eigenvalue weighted by atomic mass is 16.6. The summed E-state index contributed by atoms with van der Waals surface area (Å²) in [6.07, 6.45) is 1.57. The summed E-state index contributed by atoms with van der Waals surface area (Å²) in [5, 5.41) is 0. The van der Waals surface area contributed by atoms with Gasteiger partial charge in [-0.05, 0) is 6.92 Å². The highest BCUT2D eigenvalue weighted by Gasteiger charge is 2.06. The predicted octanol–water partition coefficient (Wildman–Crippen LogP) is 0.635. The number of hydrogen-bond donors (Lipinski definition) is 2. The van der Waals surface area contributed by atoms with E-state index >= 15 is 0 Å². The molecule has 0 aliphatic heterocycles. The van der Waals surface area contributed by atoms with Crippen molar-refractivity contribution >= 4 is 17.0 Å². The normalized spacial score (nSPS) is 10.6. The number of aromatic nitrogens is 4. The highest BCUT2D eigenvalue weighted by Crippen LogP contribution is 2.15. The van der Waals surface area contributed by atoms with Crippen molar-refractivity contribution in [3.05, 3.63) is 12.2 Å². The maximum absolute atomic E-state index is 4.77. The van der Waals surface area contributed by atoms with Gasteiger partial charge in [-0.15, -0.1) is 0 Å². The van der Waals surface area contributed by atoms with Crippen molar-refractivity contribution in [3.8, 4) is 0 Å². The SMILES string of the molecule is CONc1nc(C)nc2nc[nH]c12. The molecule has 2 N–H and O–H groups in total. The maximum atomic E-state index is 4.77. The van der Waals surface area contributed by atoms with Crippen LogP contribution < -0.4 is 5.48 Å². The number of fused-ring (bicyclic) bond motifs is 1. The minimum Gasteiger partial charge on any atom is -0.340 e. The van der Waals surface area contributed by atoms with Gasteiger partial charge >= 0.3 is 0 Å². The molecule has 0 aromatic carbocycles. The van der Waals surface area contributed by atoms with Gasteiger partial charge in [0, 0.05) is 0 Å². The van der Waals surface area contributed by atoms with E-state index in [1.54, 1.807) is 13.3 Å². The summed E-state index contributed by atoms with van der Waals surface area (Å²) in [5.74, 6) is 1.25. The Kier molecular flexibility index (Phi) is 1.82. The first-order valence-corrected chi connectivity index (χ1v) is 3.78. The van der Waals surface area contributed by atoms with Gasteiger partial charge in [0.25, 0.3) is 0 Å². The van der Waals surface area contributed by atoms with Gasteiger partial charge in [-0.1, -0.05) is 0 Å². The number of imidazole rings is 1. The van der Waals surface area contributed by atoms with E-state index in [-0.39, 0.29) is 0 Å². The predicted molar refractivity (Wildman–Crippen MR) is 47.1 cm³/mol. The molecule has 0 spiro atoms. The van der Waals surface area contributed by atoms with Gasteiger partial charge in [-0.3, -0.25) is 4.84 Å². The van der Waals surface area contributed by atoms with Crippen molar-refractivity contribution in [1.29, 1.82) is 0 Å². The molecule has 0 radical (unpaired) electrons. The van der Waals surface area contributed by atoms with Crippen molar-refractivity contribution in [2.75, 3.05) is 12.6 Å². The molecule has 6 nitrogen and oxygen atoms in total. The van der Waals surface area contributed by atoms with Crippen molar-refractivity contribution < 1.29 is 4.84 Å². The molecule has 0 fully saturated rings. The fourth-order valence-corrected chi connectivity index (χ4v) is 1.11. The number of nitrogens with zero attached hydrogens (tertiary/aromatic N) is 3. The summed E-state index contributed by atoms with van der Waals surface area (Å²) in [6, 6.07) is 0. The van der Waals surface area contributed by atoms with Gasteiger partial charge in [0.05, 0.1) is 13.4 Å². The van der Waals surface area contributed by atoms with Crippen molar-refractivity contribution in [2.45, 2.75) is 6.92 Å². The van der Waals surface area contributed by atoms with Crippen LogP contribution in [0.1, 0.15) is 5.82 Å². The fourth-order valence-electron chi connectivity index (χ4n) is 1.11. The van der Waals surface area contributed by atoms with E-state index in [0.717, 1.165) is 5.52 Å². The minimum atomic E-state index is 0.600. The maximum Gasteiger partial charge on any atom is 0.183 e. The second kappa shape index (κ2) is 2.98. The third-order valence-electron chi connectivity index (χ3n) is 1.60. The van der Waals surface area contributed by atoms with Crippen molar-refractivity contribution in [1.82, 2.24) is 19.9 Å². The second-order valence-corrected chi connectivity index (χ2v) is 2.53. The molecule has 2 heterocycles. The highest BCUT2D eigenvalue weighted by molar-refractivity contribution is 5.81. The largest absolute Gasteiger partial charge is 0.340 e. The first-order valence-electron chi connectivity index (χ1n) is 3.78. The molecule has 68 valence electrons. The smallest absolute Gasteiger partial charge is 0.183 e. The molecule has 0 saturated carbocycles. The van der Waals surface area contributed by atoms with Crippen LogP contribution in [0.5, 0.6) is 0 Å². The third-order valence-corrected chi connectivity index (χ3v) is 1.60. The molecule has 6 heteroatoms. The van der Waals surface area contributed by atoms with Gasteiger partial charge in [0.15, 0.2) is 11.5 Å². The lowest BCUT2D eigenvalue weighted by molar-refractivity contribution is 0.269. The van der Waals surface area contributed by atoms with E-state index in [1.165, 1.54) is 7.11 Å². The topological polar surface area (TPSA) is 75.7 Å². The Morgan fingerprint density at radius 3 is 3.08 bits per heavy atom. The molecule has 2 aromatic rings. The quantitative estimate of drug-likeness (QED) is 0.661. The van der Waals surface area contributed by atoms with Gasteiger partial charge < -0.3 is 4.98 Å². The van der Waals surface area contributed by atoms with E-state index in [1.807, 2.05) is 0 Å². The van der Waals surface area contributed by atoms with Gasteiger partial charge in [0.2, 0.25) is 0 Å². The number of anilines is 1. The van der Waals surface area contributed by atoms with E-state index < -0.39 is 0 Å². The Labute approximate surface area is 74.3 Å². The molecule has 0 amide bonds. The average Bonchev–Trinajstić information content (AvgIpc) is 2.52. The zero-order valence-corrected chi connectivity index (χ0v) is 7.33. The van der Waals surface area contributed by atoms with E-state index in [0.29, 0.717) is 17.3 Å². The summed E-state index contributed by atoms with van der Waals surface area (Å²) in [6.45, 7) is 1.80.